The fraction of sp³-hybridized carbons (Fsp3) is 1.00. The van der Waals surface area contributed by atoms with Crippen LogP contribution in [0.15, 0.2) is 0 Å². The molecule has 36 heavy (non-hydrogen) atoms. The van der Waals surface area contributed by atoms with Crippen molar-refractivity contribution in [1.29, 1.82) is 0 Å². The Balaban J connectivity index is -0.000000262. The van der Waals surface area contributed by atoms with Crippen LogP contribution in [0.5, 0.6) is 0 Å². The van der Waals surface area contributed by atoms with Crippen LogP contribution in [-0.4, -0.2) is 78.6 Å². The molecule has 0 rings (SSSR count). The Bertz CT molecular complexity index is 374. The van der Waals surface area contributed by atoms with Crippen molar-refractivity contribution in [2.75, 3.05) is 44.7 Å². The van der Waals surface area contributed by atoms with Gasteiger partial charge < -0.3 is 10.6 Å². The van der Waals surface area contributed by atoms with Crippen molar-refractivity contribution in [3.8, 4) is 0 Å². The summed E-state index contributed by atoms with van der Waals surface area (Å²) in [6, 6.07) is 0. The molecule has 0 aromatic carbocycles. The molecule has 9 heteroatoms. The van der Waals surface area contributed by atoms with Gasteiger partial charge in [0, 0.05) is 28.9 Å². The number of nitrogens with one attached hydrogen (secondary N) is 2. The molecule has 0 aliphatic carbocycles. The summed E-state index contributed by atoms with van der Waals surface area (Å²) in [6.07, 6.45) is 5.52. The van der Waals surface area contributed by atoms with Crippen molar-refractivity contribution >= 4 is 44.0 Å². The third kappa shape index (κ3) is 28.4. The Kier molecular flexibility index (Phi) is 41.2. The van der Waals surface area contributed by atoms with Crippen LogP contribution < -0.4 is 10.6 Å². The van der Waals surface area contributed by atoms with E-state index in [1.165, 1.54) is 51.1 Å². The van der Waals surface area contributed by atoms with Crippen molar-refractivity contribution in [1.82, 2.24) is 10.6 Å². The quantitative estimate of drug-likeness (QED) is 0.0895. The van der Waals surface area contributed by atoms with Gasteiger partial charge in [-0.05, 0) is 92.4 Å². The molecule has 0 unspecified atom stereocenters. The van der Waals surface area contributed by atoms with Gasteiger partial charge in [-0.2, -0.15) is 0 Å². The molecule has 0 bridgehead atoms. The molecular formula is C27H65Cl2Cu2N2P3+3. The maximum atomic E-state index is 4.20. The molecule has 0 spiro atoms. The Morgan fingerprint density at radius 2 is 0.917 bits per heavy atom. The topological polar surface area (TPSA) is 24.1 Å². The Hall–Kier alpha value is 2.83. The van der Waals surface area contributed by atoms with Crippen LogP contribution in [0.25, 0.3) is 0 Å². The molecule has 2 N–H and O–H groups in total. The summed E-state index contributed by atoms with van der Waals surface area (Å²) < 4.78 is 0. The third-order valence-corrected chi connectivity index (χ3v) is 17.4. The van der Waals surface area contributed by atoms with Crippen molar-refractivity contribution in [3.05, 3.63) is 0 Å². The summed E-state index contributed by atoms with van der Waals surface area (Å²) >= 11 is 7.32. The van der Waals surface area contributed by atoms with Gasteiger partial charge >= 0.3 is 50.4 Å². The predicted molar refractivity (Wildman–Crippen MR) is 177 cm³/mol. The van der Waals surface area contributed by atoms with Gasteiger partial charge in [0.05, 0.1) is 35.0 Å². The van der Waals surface area contributed by atoms with Gasteiger partial charge in [0.1, 0.15) is 0 Å². The molecule has 0 fully saturated rings. The number of hydrogen-bond acceptors (Lipinski definition) is 2. The van der Waals surface area contributed by atoms with E-state index in [-0.39, 0.29) is 23.8 Å². The van der Waals surface area contributed by atoms with E-state index in [0.717, 1.165) is 34.0 Å². The summed E-state index contributed by atoms with van der Waals surface area (Å²) in [7, 11) is 8.31. The van der Waals surface area contributed by atoms with Gasteiger partial charge in [0.2, 0.25) is 0 Å². The third-order valence-electron chi connectivity index (χ3n) is 6.45. The molecular weight excluding hydrogens is 643 g/mol. The van der Waals surface area contributed by atoms with E-state index in [2.05, 4.69) is 151 Å². The first-order chi connectivity index (χ1) is 16.9. The fourth-order valence-corrected chi connectivity index (χ4v) is 13.2. The van der Waals surface area contributed by atoms with Gasteiger partial charge in [-0.3, -0.25) is 0 Å². The second-order valence-corrected chi connectivity index (χ2v) is 22.7. The monoisotopic (exact) mass is 706 g/mol. The summed E-state index contributed by atoms with van der Waals surface area (Å²) in [4.78, 5) is 0. The van der Waals surface area contributed by atoms with E-state index in [1.54, 1.807) is 0 Å². The van der Waals surface area contributed by atoms with E-state index < -0.39 is 0 Å². The minimum atomic E-state index is -0.166. The molecule has 0 saturated carbocycles. The summed E-state index contributed by atoms with van der Waals surface area (Å²) in [5, 5.41) is 7.21. The second kappa shape index (κ2) is 32.3. The SMILES string of the molecule is CC(C)[PH+](CCNCC[PH+](C(C)C)C(C)C)C(C)C.CCCNCCP(C(C)C)C(C)C.[Cl][Cu+].[Cl][Cu]. The van der Waals surface area contributed by atoms with E-state index in [0.29, 0.717) is 0 Å². The number of rotatable bonds is 17. The van der Waals surface area contributed by atoms with Crippen LogP contribution in [0.4, 0.5) is 0 Å². The number of halogens is 2. The first-order valence-electron chi connectivity index (χ1n) is 14.0. The predicted octanol–water partition coefficient (Wildman–Crippen LogP) is 9.30. The molecule has 0 saturated heterocycles. The summed E-state index contributed by atoms with van der Waals surface area (Å²) in [5.74, 6) is 0. The van der Waals surface area contributed by atoms with E-state index in [4.69, 9.17) is 0 Å². The summed E-state index contributed by atoms with van der Waals surface area (Å²) in [6.45, 7) is 35.9. The average Bonchev–Trinajstić information content (AvgIpc) is 2.80. The minimum absolute atomic E-state index is 0.166. The van der Waals surface area contributed by atoms with Crippen LogP contribution in [0.1, 0.15) is 96.4 Å². The van der Waals surface area contributed by atoms with Crippen LogP contribution in [0.3, 0.4) is 0 Å². The zero-order valence-corrected chi connectivity index (χ0v) is 32.2. The van der Waals surface area contributed by atoms with Gasteiger partial charge in [-0.1, -0.05) is 34.6 Å². The van der Waals surface area contributed by atoms with Crippen LogP contribution in [-0.2, 0) is 30.2 Å². The Morgan fingerprint density at radius 1 is 0.611 bits per heavy atom. The molecule has 0 radical (unpaired) electrons. The van der Waals surface area contributed by atoms with Crippen molar-refractivity contribution in [2.24, 2.45) is 0 Å². The maximum absolute atomic E-state index is 4.20. The Labute approximate surface area is 258 Å². The zero-order chi connectivity index (χ0) is 29.3. The van der Waals surface area contributed by atoms with Crippen LogP contribution in [0.2, 0.25) is 0 Å². The molecule has 0 heterocycles. The molecule has 0 aliphatic rings. The van der Waals surface area contributed by atoms with Crippen molar-refractivity contribution in [3.63, 3.8) is 0 Å². The molecule has 231 valence electrons. The zero-order valence-electron chi connectivity index (χ0n) is 25.9. The molecule has 0 aromatic heterocycles. The van der Waals surface area contributed by atoms with Gasteiger partial charge in [0.25, 0.3) is 0 Å². The standard InChI is InChI=1S/C16H37NP2.C11H26NP.2ClH.2Cu/c1-13(2)18(14(3)4)11-9-17-10-12-19(15(5)6)16(7)8;1-6-7-12-8-9-13(10(2)3)11(4)5;;;;/h13-17H,9-12H2,1-8H3;10-12H,6-9H2,1-5H3;2*1H;;/q;;;;+1;+2. The molecule has 0 amide bonds. The average molecular weight is 709 g/mol. The van der Waals surface area contributed by atoms with Crippen LogP contribution >= 0.6 is 44.0 Å². The molecule has 0 aromatic rings. The van der Waals surface area contributed by atoms with E-state index in [1.807, 2.05) is 0 Å². The normalized spacial score (nSPS) is 11.6. The Morgan fingerprint density at radius 3 is 1.17 bits per heavy atom. The van der Waals surface area contributed by atoms with Crippen molar-refractivity contribution < 1.29 is 30.2 Å². The summed E-state index contributed by atoms with van der Waals surface area (Å²) in [5.41, 5.74) is 5.43. The first-order valence-corrected chi connectivity index (χ1v) is 22.0. The molecule has 2 nitrogen and oxygen atoms in total. The molecule has 0 aliphatic heterocycles. The van der Waals surface area contributed by atoms with Gasteiger partial charge in [0.15, 0.2) is 0 Å². The first kappa shape index (κ1) is 45.8. The van der Waals surface area contributed by atoms with E-state index >= 15 is 0 Å². The van der Waals surface area contributed by atoms with Crippen LogP contribution in [0, 0.1) is 0 Å². The van der Waals surface area contributed by atoms with E-state index in [9.17, 15) is 0 Å². The second-order valence-electron chi connectivity index (χ2n) is 11.2. The fourth-order valence-electron chi connectivity index (χ4n) is 4.70. The number of hydrogen-bond donors (Lipinski definition) is 2. The van der Waals surface area contributed by atoms with Crippen molar-refractivity contribution in [2.45, 2.75) is 130 Å². The van der Waals surface area contributed by atoms with Gasteiger partial charge in [-0.25, -0.2) is 0 Å². The molecule has 0 atom stereocenters. The van der Waals surface area contributed by atoms with Gasteiger partial charge in [-0.15, -0.1) is 7.92 Å².